The number of nitrogens with zero attached hydrogens (tertiary/aromatic N) is 4. The maximum Gasteiger partial charge on any atom is 0.347 e. The van der Waals surface area contributed by atoms with Crippen molar-refractivity contribution in [1.29, 1.82) is 0 Å². The normalized spacial score (nSPS) is 13.3. The number of carboxylic acids is 1. The molecule has 3 heterocycles. The molecule has 1 fully saturated rings. The molecule has 0 unspecified atom stereocenters. The highest BCUT2D eigenvalue weighted by molar-refractivity contribution is 7.17. The van der Waals surface area contributed by atoms with Gasteiger partial charge in [0.1, 0.15) is 16.5 Å². The fourth-order valence-corrected chi connectivity index (χ4v) is 4.88. The van der Waals surface area contributed by atoms with E-state index in [1.165, 1.54) is 0 Å². The number of benzene rings is 1. The van der Waals surface area contributed by atoms with Crippen LogP contribution in [0.4, 0.5) is 22.7 Å². The number of piperazine rings is 1. The summed E-state index contributed by atoms with van der Waals surface area (Å²) in [5.41, 5.74) is 2.25. The van der Waals surface area contributed by atoms with E-state index in [1.807, 2.05) is 19.1 Å². The van der Waals surface area contributed by atoms with E-state index in [0.29, 0.717) is 46.4 Å². The largest absolute Gasteiger partial charge is 0.493 e. The lowest BCUT2D eigenvalue weighted by molar-refractivity contribution is 0.0701. The lowest BCUT2D eigenvalue weighted by Gasteiger charge is -2.30. The van der Waals surface area contributed by atoms with Gasteiger partial charge in [-0.2, -0.15) is 9.97 Å². The van der Waals surface area contributed by atoms with E-state index in [4.69, 9.17) is 24.2 Å². The topological polar surface area (TPSA) is 143 Å². The van der Waals surface area contributed by atoms with Crippen molar-refractivity contribution in [2.24, 2.45) is 0 Å². The van der Waals surface area contributed by atoms with E-state index in [-0.39, 0.29) is 4.88 Å². The average molecular weight is 530 g/mol. The fourth-order valence-electron chi connectivity index (χ4n) is 4.08. The highest BCUT2D eigenvalue weighted by Gasteiger charge is 2.21. The highest BCUT2D eigenvalue weighted by Crippen LogP contribution is 2.38. The zero-order chi connectivity index (χ0) is 26.5. The number of anilines is 4. The maximum absolute atomic E-state index is 11.5. The van der Waals surface area contributed by atoms with Gasteiger partial charge >= 0.3 is 5.97 Å². The number of hydrogen-bond acceptors (Lipinski definition) is 12. The van der Waals surface area contributed by atoms with E-state index in [2.05, 4.69) is 25.8 Å². The SMILES string of the molecule is COc1cc(CNc2nc(Nc3nc(C)c(C(=O)O)s3)nc(N3CCNCC3)c2C)cc(OC)c1OC. The van der Waals surface area contributed by atoms with Gasteiger partial charge in [0.2, 0.25) is 11.7 Å². The van der Waals surface area contributed by atoms with Crippen LogP contribution in [0, 0.1) is 13.8 Å². The van der Waals surface area contributed by atoms with Crippen molar-refractivity contribution < 1.29 is 24.1 Å². The Morgan fingerprint density at radius 2 is 1.76 bits per heavy atom. The zero-order valence-electron chi connectivity index (χ0n) is 21.5. The van der Waals surface area contributed by atoms with Crippen LogP contribution in [0.15, 0.2) is 12.1 Å². The standard InChI is InChI=1S/C24H31N7O5S/c1-13-20(26-12-15-10-16(34-3)18(36-5)17(11-15)35-4)28-23(29-21(13)31-8-6-25-7-9-31)30-24-27-14(2)19(37-24)22(32)33/h10-11,25H,6-9,12H2,1-5H3,(H,32,33)(H2,26,27,28,29,30). The summed E-state index contributed by atoms with van der Waals surface area (Å²) in [6, 6.07) is 3.76. The van der Waals surface area contributed by atoms with Crippen LogP contribution >= 0.6 is 11.3 Å². The summed E-state index contributed by atoms with van der Waals surface area (Å²) in [7, 11) is 4.73. The first-order chi connectivity index (χ1) is 17.8. The third kappa shape index (κ3) is 5.78. The van der Waals surface area contributed by atoms with Gasteiger partial charge in [-0.15, -0.1) is 0 Å². The molecule has 1 aliphatic rings. The van der Waals surface area contributed by atoms with Crippen LogP contribution in [0.2, 0.25) is 0 Å². The molecular weight excluding hydrogens is 498 g/mol. The van der Waals surface area contributed by atoms with E-state index in [9.17, 15) is 9.90 Å². The first kappa shape index (κ1) is 26.2. The van der Waals surface area contributed by atoms with Crippen molar-refractivity contribution in [3.63, 3.8) is 0 Å². The Labute approximate surface area is 219 Å². The molecular formula is C24H31N7O5S. The molecule has 0 amide bonds. The fraction of sp³-hybridized carbons (Fsp3) is 0.417. The van der Waals surface area contributed by atoms with Crippen LogP contribution < -0.4 is 35.1 Å². The monoisotopic (exact) mass is 529 g/mol. The molecule has 3 aromatic rings. The summed E-state index contributed by atoms with van der Waals surface area (Å²) in [4.78, 5) is 27.6. The number of hydrogen-bond donors (Lipinski definition) is 4. The highest BCUT2D eigenvalue weighted by atomic mass is 32.1. The van der Waals surface area contributed by atoms with Crippen LogP contribution in [-0.4, -0.2) is 73.5 Å². The number of aryl methyl sites for hydroxylation is 1. The van der Waals surface area contributed by atoms with Crippen LogP contribution in [0.3, 0.4) is 0 Å². The molecule has 1 saturated heterocycles. The molecule has 0 bridgehead atoms. The van der Waals surface area contributed by atoms with Gasteiger partial charge in [-0.25, -0.2) is 9.78 Å². The molecule has 0 saturated carbocycles. The number of methoxy groups -OCH3 is 3. The summed E-state index contributed by atoms with van der Waals surface area (Å²) < 4.78 is 16.4. The number of ether oxygens (including phenoxy) is 3. The molecule has 0 aliphatic carbocycles. The lowest BCUT2D eigenvalue weighted by atomic mass is 10.1. The summed E-state index contributed by atoms with van der Waals surface area (Å²) in [6.07, 6.45) is 0. The van der Waals surface area contributed by atoms with E-state index >= 15 is 0 Å². The summed E-state index contributed by atoms with van der Waals surface area (Å²) in [5.74, 6) is 2.42. The summed E-state index contributed by atoms with van der Waals surface area (Å²) >= 11 is 1.05. The Balaban J connectivity index is 1.66. The number of carbonyl (C=O) groups is 1. The Morgan fingerprint density at radius 3 is 2.32 bits per heavy atom. The molecule has 0 spiro atoms. The third-order valence-electron chi connectivity index (χ3n) is 5.93. The lowest BCUT2D eigenvalue weighted by Crippen LogP contribution is -2.44. The Hall–Kier alpha value is -3.84. The van der Waals surface area contributed by atoms with E-state index in [1.54, 1.807) is 28.3 Å². The first-order valence-corrected chi connectivity index (χ1v) is 12.5. The Morgan fingerprint density at radius 1 is 1.08 bits per heavy atom. The molecule has 0 atom stereocenters. The minimum Gasteiger partial charge on any atom is -0.493 e. The van der Waals surface area contributed by atoms with E-state index in [0.717, 1.165) is 54.5 Å². The van der Waals surface area contributed by atoms with Crippen molar-refractivity contribution in [3.8, 4) is 17.2 Å². The van der Waals surface area contributed by atoms with Crippen LogP contribution in [-0.2, 0) is 6.54 Å². The molecule has 4 rings (SSSR count). The molecule has 37 heavy (non-hydrogen) atoms. The second-order valence-corrected chi connectivity index (χ2v) is 9.33. The number of thiazole rings is 1. The van der Waals surface area contributed by atoms with E-state index < -0.39 is 5.97 Å². The van der Waals surface area contributed by atoms with Crippen molar-refractivity contribution in [1.82, 2.24) is 20.3 Å². The predicted molar refractivity (Wildman–Crippen MR) is 142 cm³/mol. The van der Waals surface area contributed by atoms with Crippen molar-refractivity contribution >= 4 is 40.0 Å². The Bertz CT molecular complexity index is 1250. The molecule has 198 valence electrons. The molecule has 4 N–H and O–H groups in total. The van der Waals surface area contributed by atoms with Gasteiger partial charge in [-0.05, 0) is 31.5 Å². The molecule has 2 aromatic heterocycles. The summed E-state index contributed by atoms with van der Waals surface area (Å²) in [6.45, 7) is 7.41. The zero-order valence-corrected chi connectivity index (χ0v) is 22.3. The van der Waals surface area contributed by atoms with Crippen LogP contribution in [0.25, 0.3) is 0 Å². The van der Waals surface area contributed by atoms with Gasteiger partial charge in [-0.1, -0.05) is 11.3 Å². The van der Waals surface area contributed by atoms with Gasteiger partial charge in [0.25, 0.3) is 0 Å². The third-order valence-corrected chi connectivity index (χ3v) is 6.99. The van der Waals surface area contributed by atoms with Gasteiger partial charge in [0, 0.05) is 38.3 Å². The number of aromatic nitrogens is 3. The minimum absolute atomic E-state index is 0.178. The van der Waals surface area contributed by atoms with Gasteiger partial charge < -0.3 is 34.9 Å². The number of rotatable bonds is 10. The van der Waals surface area contributed by atoms with Gasteiger partial charge in [0.15, 0.2) is 16.6 Å². The number of carboxylic acid groups (broad SMARTS) is 1. The van der Waals surface area contributed by atoms with Crippen molar-refractivity contribution in [2.45, 2.75) is 20.4 Å². The van der Waals surface area contributed by atoms with Gasteiger partial charge in [0.05, 0.1) is 27.0 Å². The molecule has 12 nitrogen and oxygen atoms in total. The first-order valence-electron chi connectivity index (χ1n) is 11.7. The second-order valence-electron chi connectivity index (χ2n) is 8.33. The average Bonchev–Trinajstić information content (AvgIpc) is 3.28. The van der Waals surface area contributed by atoms with Crippen molar-refractivity contribution in [3.05, 3.63) is 33.8 Å². The number of nitrogens with one attached hydrogen (secondary N) is 3. The quantitative estimate of drug-likeness (QED) is 0.306. The second kappa shape index (κ2) is 11.5. The molecule has 13 heteroatoms. The Kier molecular flexibility index (Phi) is 8.14. The van der Waals surface area contributed by atoms with Gasteiger partial charge in [-0.3, -0.25) is 5.32 Å². The number of aromatic carboxylic acids is 1. The molecule has 1 aromatic carbocycles. The predicted octanol–water partition coefficient (Wildman–Crippen LogP) is 3.04. The maximum atomic E-state index is 11.5. The minimum atomic E-state index is -1.01. The summed E-state index contributed by atoms with van der Waals surface area (Å²) in [5, 5.41) is 19.7. The van der Waals surface area contributed by atoms with Crippen molar-refractivity contribution in [2.75, 3.05) is 63.0 Å². The molecule has 0 radical (unpaired) electrons. The van der Waals surface area contributed by atoms with Crippen LogP contribution in [0.1, 0.15) is 26.5 Å². The smallest absolute Gasteiger partial charge is 0.347 e. The molecule has 1 aliphatic heterocycles. The van der Waals surface area contributed by atoms with Crippen LogP contribution in [0.5, 0.6) is 17.2 Å².